The molecule has 0 saturated carbocycles. The summed E-state index contributed by atoms with van der Waals surface area (Å²) in [5.41, 5.74) is 6.82. The van der Waals surface area contributed by atoms with Gasteiger partial charge in [-0.05, 0) is 36.7 Å². The molecule has 1 aliphatic rings. The van der Waals surface area contributed by atoms with Crippen molar-refractivity contribution in [3.05, 3.63) is 54.1 Å². The summed E-state index contributed by atoms with van der Waals surface area (Å²) in [5, 5.41) is 22.2. The number of nitrogens with one attached hydrogen (secondary N) is 5. The number of aliphatic hydroxyl groups excluding tert-OH is 1. The van der Waals surface area contributed by atoms with Crippen LogP contribution in [-0.4, -0.2) is 98.3 Å². The van der Waals surface area contributed by atoms with Crippen LogP contribution >= 0.6 is 0 Å². The van der Waals surface area contributed by atoms with Crippen molar-refractivity contribution in [2.75, 3.05) is 6.54 Å². The molecule has 7 atom stereocenters. The average molecular weight is 711 g/mol. The number of H-pyrrole nitrogens is 1. The molecular formula is C36H54N8O7. The lowest BCUT2D eigenvalue weighted by atomic mass is 9.95. The Morgan fingerprint density at radius 2 is 1.65 bits per heavy atom. The molecule has 1 aromatic heterocycles. The molecule has 2 aromatic rings. The van der Waals surface area contributed by atoms with E-state index in [-0.39, 0.29) is 30.6 Å². The van der Waals surface area contributed by atoms with Crippen molar-refractivity contribution in [3.8, 4) is 0 Å². The van der Waals surface area contributed by atoms with Gasteiger partial charge in [-0.2, -0.15) is 0 Å². The number of nitrogens with two attached hydrogens (primary N) is 1. The van der Waals surface area contributed by atoms with E-state index in [1.807, 2.05) is 51.1 Å². The van der Waals surface area contributed by atoms with E-state index in [1.165, 1.54) is 24.3 Å². The lowest BCUT2D eigenvalue weighted by Gasteiger charge is -2.30. The third-order valence-corrected chi connectivity index (χ3v) is 9.24. The van der Waals surface area contributed by atoms with E-state index in [4.69, 9.17) is 5.73 Å². The van der Waals surface area contributed by atoms with E-state index < -0.39 is 72.3 Å². The molecule has 1 aliphatic heterocycles. The third kappa shape index (κ3) is 12.5. The molecule has 0 bridgehead atoms. The predicted octanol–water partition coefficient (Wildman–Crippen LogP) is 0.474. The van der Waals surface area contributed by atoms with Crippen molar-refractivity contribution >= 4 is 35.4 Å². The fourth-order valence-corrected chi connectivity index (χ4v) is 6.24. The quantitative estimate of drug-likeness (QED) is 0.108. The molecule has 15 nitrogen and oxygen atoms in total. The van der Waals surface area contributed by atoms with Crippen LogP contribution in [0, 0.1) is 11.8 Å². The Morgan fingerprint density at radius 1 is 0.980 bits per heavy atom. The zero-order valence-electron chi connectivity index (χ0n) is 30.2. The molecule has 51 heavy (non-hydrogen) atoms. The number of aromatic nitrogens is 2. The van der Waals surface area contributed by atoms with Gasteiger partial charge in [0.15, 0.2) is 0 Å². The van der Waals surface area contributed by atoms with Crippen molar-refractivity contribution < 1.29 is 33.9 Å². The Hall–Kier alpha value is -4.79. The van der Waals surface area contributed by atoms with Gasteiger partial charge in [-0.15, -0.1) is 0 Å². The molecule has 1 fully saturated rings. The van der Waals surface area contributed by atoms with Gasteiger partial charge in [0, 0.05) is 38.2 Å². The first-order valence-electron chi connectivity index (χ1n) is 17.7. The van der Waals surface area contributed by atoms with E-state index in [0.29, 0.717) is 37.9 Å². The minimum absolute atomic E-state index is 0.00256. The molecule has 2 heterocycles. The molecule has 0 spiro atoms. The largest absolute Gasteiger partial charge is 0.390 e. The third-order valence-electron chi connectivity index (χ3n) is 9.24. The number of aromatic amines is 1. The number of carbonyl (C=O) groups excluding carboxylic acids is 6. The van der Waals surface area contributed by atoms with Gasteiger partial charge in [-0.1, -0.05) is 64.4 Å². The van der Waals surface area contributed by atoms with Crippen molar-refractivity contribution in [2.24, 2.45) is 17.6 Å². The number of imidazole rings is 1. The van der Waals surface area contributed by atoms with E-state index in [9.17, 15) is 33.9 Å². The maximum absolute atomic E-state index is 14.0. The smallest absolute Gasteiger partial charge is 0.243 e. The number of amides is 6. The monoisotopic (exact) mass is 710 g/mol. The van der Waals surface area contributed by atoms with Gasteiger partial charge in [0.25, 0.3) is 0 Å². The molecule has 0 radical (unpaired) electrons. The highest BCUT2D eigenvalue weighted by atomic mass is 16.3. The Balaban J connectivity index is 1.82. The Labute approximate surface area is 299 Å². The van der Waals surface area contributed by atoms with Gasteiger partial charge in [0.05, 0.1) is 24.9 Å². The Bertz CT molecular complexity index is 1470. The number of primary amides is 1. The zero-order chi connectivity index (χ0) is 37.7. The SMILES string of the molecule is CC[C@H](C)[C@H](NC(=O)CC(O)[C@H](CC(C)C)NC(=O)[C@H](Cc1cnc[nH]1)NC(=O)[C@H](Cc1ccccc1)NC(=O)[C@@H]1CCCN1C(C)=O)C(N)=O. The summed E-state index contributed by atoms with van der Waals surface area (Å²) in [7, 11) is 0. The molecule has 15 heteroatoms. The maximum Gasteiger partial charge on any atom is 0.243 e. The normalized spacial score (nSPS) is 17.8. The first kappa shape index (κ1) is 40.6. The second kappa shape index (κ2) is 19.6. The van der Waals surface area contributed by atoms with Crippen LogP contribution in [0.4, 0.5) is 0 Å². The fraction of sp³-hybridized carbons (Fsp3) is 0.583. The molecule has 1 unspecified atom stereocenters. The topological polar surface area (TPSA) is 229 Å². The van der Waals surface area contributed by atoms with E-state index in [0.717, 1.165) is 5.56 Å². The van der Waals surface area contributed by atoms with Crippen LogP contribution < -0.4 is 27.0 Å². The summed E-state index contributed by atoms with van der Waals surface area (Å²) < 4.78 is 0. The second-order valence-corrected chi connectivity index (χ2v) is 13.8. The number of carbonyl (C=O) groups is 6. The predicted molar refractivity (Wildman–Crippen MR) is 189 cm³/mol. The van der Waals surface area contributed by atoms with E-state index in [1.54, 1.807) is 6.92 Å². The van der Waals surface area contributed by atoms with Gasteiger partial charge < -0.3 is 42.0 Å². The lowest BCUT2D eigenvalue weighted by molar-refractivity contribution is -0.138. The molecule has 0 aliphatic carbocycles. The summed E-state index contributed by atoms with van der Waals surface area (Å²) in [6.07, 6.45) is 3.38. The van der Waals surface area contributed by atoms with Crippen molar-refractivity contribution in [3.63, 3.8) is 0 Å². The van der Waals surface area contributed by atoms with Crippen LogP contribution in [0.25, 0.3) is 0 Å². The first-order valence-corrected chi connectivity index (χ1v) is 17.7. The summed E-state index contributed by atoms with van der Waals surface area (Å²) in [6, 6.07) is 4.33. The van der Waals surface area contributed by atoms with Crippen molar-refractivity contribution in [2.45, 2.75) is 116 Å². The van der Waals surface area contributed by atoms with Crippen LogP contribution in [0.15, 0.2) is 42.9 Å². The highest BCUT2D eigenvalue weighted by molar-refractivity contribution is 5.94. The minimum Gasteiger partial charge on any atom is -0.390 e. The van der Waals surface area contributed by atoms with Crippen LogP contribution in [0.5, 0.6) is 0 Å². The van der Waals surface area contributed by atoms with Gasteiger partial charge >= 0.3 is 0 Å². The number of rotatable bonds is 19. The Kier molecular flexibility index (Phi) is 15.6. The van der Waals surface area contributed by atoms with E-state index >= 15 is 0 Å². The lowest BCUT2D eigenvalue weighted by Crippen LogP contribution is -2.59. The van der Waals surface area contributed by atoms with Crippen LogP contribution in [0.1, 0.15) is 78.0 Å². The molecule has 6 amide bonds. The van der Waals surface area contributed by atoms with Crippen molar-refractivity contribution in [1.29, 1.82) is 0 Å². The van der Waals surface area contributed by atoms with E-state index in [2.05, 4.69) is 31.2 Å². The Morgan fingerprint density at radius 3 is 2.24 bits per heavy atom. The summed E-state index contributed by atoms with van der Waals surface area (Å²) in [4.78, 5) is 86.9. The number of hydrogen-bond donors (Lipinski definition) is 7. The minimum atomic E-state index is -1.33. The van der Waals surface area contributed by atoms with Gasteiger partial charge in [-0.3, -0.25) is 28.8 Å². The number of aliphatic hydroxyl groups is 1. The maximum atomic E-state index is 14.0. The van der Waals surface area contributed by atoms with Crippen LogP contribution in [0.3, 0.4) is 0 Å². The highest BCUT2D eigenvalue weighted by Crippen LogP contribution is 2.18. The fourth-order valence-electron chi connectivity index (χ4n) is 6.24. The molecule has 8 N–H and O–H groups in total. The van der Waals surface area contributed by atoms with Crippen molar-refractivity contribution in [1.82, 2.24) is 36.1 Å². The number of benzene rings is 1. The standard InChI is InChI=1S/C36H54N8O7/c1-6-22(4)32(33(37)48)43-31(47)18-30(46)26(15-21(2)3)40-35(50)28(17-25-19-38-20-39-25)41-34(49)27(16-24-11-8-7-9-12-24)42-36(51)29-13-10-14-44(29)23(5)45/h7-9,11-12,19-22,26-30,32,46H,6,10,13-18H2,1-5H3,(H2,37,48)(H,38,39)(H,40,50)(H,41,49)(H,42,51)(H,43,47)/t22-,26-,27-,28-,29-,30?,32-/m0/s1. The second-order valence-electron chi connectivity index (χ2n) is 13.8. The molecular weight excluding hydrogens is 656 g/mol. The van der Waals surface area contributed by atoms with Crippen LogP contribution in [0.2, 0.25) is 0 Å². The zero-order valence-corrected chi connectivity index (χ0v) is 30.2. The summed E-state index contributed by atoms with van der Waals surface area (Å²) in [6.45, 7) is 9.30. The summed E-state index contributed by atoms with van der Waals surface area (Å²) in [5.74, 6) is -3.43. The molecule has 1 aromatic carbocycles. The first-order chi connectivity index (χ1) is 24.2. The highest BCUT2D eigenvalue weighted by Gasteiger charge is 2.36. The average Bonchev–Trinajstić information content (AvgIpc) is 3.79. The van der Waals surface area contributed by atoms with Gasteiger partial charge in [0.2, 0.25) is 35.4 Å². The number of nitrogens with zero attached hydrogens (tertiary/aromatic N) is 2. The molecule has 280 valence electrons. The molecule has 1 saturated heterocycles. The number of hydrogen-bond acceptors (Lipinski definition) is 8. The van der Waals surface area contributed by atoms with Gasteiger partial charge in [-0.25, -0.2) is 4.98 Å². The number of likely N-dealkylation sites (tertiary alicyclic amines) is 1. The summed E-state index contributed by atoms with van der Waals surface area (Å²) >= 11 is 0. The molecule has 3 rings (SSSR count). The van der Waals surface area contributed by atoms with Crippen LogP contribution in [-0.2, 0) is 41.6 Å². The van der Waals surface area contributed by atoms with Gasteiger partial charge in [0.1, 0.15) is 24.2 Å².